The lowest BCUT2D eigenvalue weighted by Crippen LogP contribution is -2.24. The Morgan fingerprint density at radius 1 is 1.83 bits per heavy atom. The zero-order chi connectivity index (χ0) is 8.81. The van der Waals surface area contributed by atoms with E-state index in [0.29, 0.717) is 6.61 Å². The molecule has 0 unspecified atom stereocenters. The van der Waals surface area contributed by atoms with Crippen molar-refractivity contribution < 1.29 is 9.53 Å². The second-order valence-electron chi connectivity index (χ2n) is 2.35. The fraction of sp³-hybridized carbons (Fsp3) is 0.429. The minimum absolute atomic E-state index is 0.546. The Hall–Kier alpha value is -1.36. The highest BCUT2D eigenvalue weighted by atomic mass is 16.5. The van der Waals surface area contributed by atoms with Crippen LogP contribution in [0.25, 0.3) is 0 Å². The first-order chi connectivity index (χ1) is 5.79. The number of amides is 2. The Balaban J connectivity index is 2.33. The van der Waals surface area contributed by atoms with Gasteiger partial charge in [0.1, 0.15) is 0 Å². The van der Waals surface area contributed by atoms with Gasteiger partial charge in [-0.2, -0.15) is 5.10 Å². The van der Waals surface area contributed by atoms with Gasteiger partial charge in [0.15, 0.2) is 0 Å². The molecule has 0 aliphatic carbocycles. The largest absolute Gasteiger partial charge is 0.376 e. The van der Waals surface area contributed by atoms with Crippen LogP contribution < -0.4 is 11.2 Å². The number of primary amides is 1. The van der Waals surface area contributed by atoms with Crippen LogP contribution in [0.15, 0.2) is 16.8 Å². The summed E-state index contributed by atoms with van der Waals surface area (Å²) in [4.78, 5) is 10.2. The van der Waals surface area contributed by atoms with Crippen molar-refractivity contribution in [2.75, 3.05) is 13.2 Å². The van der Waals surface area contributed by atoms with Crippen molar-refractivity contribution in [3.8, 4) is 0 Å². The molecule has 1 aliphatic rings. The monoisotopic (exact) mass is 169 g/mol. The molecule has 0 aromatic heterocycles. The topological polar surface area (TPSA) is 76.7 Å². The summed E-state index contributed by atoms with van der Waals surface area (Å²) < 4.78 is 5.14. The van der Waals surface area contributed by atoms with Crippen molar-refractivity contribution in [2.24, 2.45) is 10.8 Å². The van der Waals surface area contributed by atoms with Crippen LogP contribution in [-0.4, -0.2) is 25.5 Å². The van der Waals surface area contributed by atoms with Crippen LogP contribution in [0.1, 0.15) is 6.42 Å². The van der Waals surface area contributed by atoms with Crippen LogP contribution in [0.2, 0.25) is 0 Å². The van der Waals surface area contributed by atoms with E-state index in [9.17, 15) is 4.79 Å². The normalized spacial score (nSPS) is 17.5. The number of carbonyl (C=O) groups is 1. The molecule has 0 radical (unpaired) electrons. The smallest absolute Gasteiger partial charge is 0.332 e. The summed E-state index contributed by atoms with van der Waals surface area (Å²) >= 11 is 0. The molecule has 1 aliphatic heterocycles. The minimum Gasteiger partial charge on any atom is -0.376 e. The third-order valence-electron chi connectivity index (χ3n) is 1.34. The fourth-order valence-electron chi connectivity index (χ4n) is 0.845. The Bertz CT molecular complexity index is 223. The molecular weight excluding hydrogens is 158 g/mol. The number of ether oxygens (including phenoxy) is 1. The van der Waals surface area contributed by atoms with Crippen molar-refractivity contribution in [3.05, 3.63) is 11.6 Å². The van der Waals surface area contributed by atoms with Gasteiger partial charge in [0.2, 0.25) is 0 Å². The quantitative estimate of drug-likeness (QED) is 0.450. The number of nitrogens with zero attached hydrogens (tertiary/aromatic N) is 1. The highest BCUT2D eigenvalue weighted by Gasteiger charge is 1.99. The molecule has 0 aromatic carbocycles. The van der Waals surface area contributed by atoms with Crippen molar-refractivity contribution in [2.45, 2.75) is 6.42 Å². The van der Waals surface area contributed by atoms with Gasteiger partial charge in [-0.05, 0) is 12.0 Å². The summed E-state index contributed by atoms with van der Waals surface area (Å²) in [6, 6.07) is -0.663. The zero-order valence-electron chi connectivity index (χ0n) is 6.62. The highest BCUT2D eigenvalue weighted by molar-refractivity contribution is 5.80. The average Bonchev–Trinajstić information content (AvgIpc) is 2.05. The first-order valence-corrected chi connectivity index (χ1v) is 3.64. The molecule has 0 atom stereocenters. The van der Waals surface area contributed by atoms with E-state index in [-0.39, 0.29) is 0 Å². The van der Waals surface area contributed by atoms with Crippen LogP contribution >= 0.6 is 0 Å². The molecule has 0 bridgehead atoms. The molecule has 1 heterocycles. The molecule has 0 spiro atoms. The van der Waals surface area contributed by atoms with Crippen LogP contribution in [0.5, 0.6) is 0 Å². The van der Waals surface area contributed by atoms with E-state index < -0.39 is 6.03 Å². The van der Waals surface area contributed by atoms with Gasteiger partial charge in [0.25, 0.3) is 0 Å². The van der Waals surface area contributed by atoms with Crippen LogP contribution in [0, 0.1) is 0 Å². The third-order valence-corrected chi connectivity index (χ3v) is 1.34. The molecule has 0 saturated carbocycles. The van der Waals surface area contributed by atoms with Gasteiger partial charge < -0.3 is 10.5 Å². The summed E-state index contributed by atoms with van der Waals surface area (Å²) in [5.74, 6) is 0. The Labute approximate surface area is 70.3 Å². The van der Waals surface area contributed by atoms with Crippen LogP contribution in [0.4, 0.5) is 4.79 Å². The number of hydrogen-bond donors (Lipinski definition) is 2. The Morgan fingerprint density at radius 2 is 2.67 bits per heavy atom. The Kier molecular flexibility index (Phi) is 3.28. The SMILES string of the molecule is NC(=O)N/N=C/C1=CCCOC1. The zero-order valence-corrected chi connectivity index (χ0v) is 6.62. The van der Waals surface area contributed by atoms with E-state index in [0.717, 1.165) is 18.6 Å². The van der Waals surface area contributed by atoms with Crippen LogP contribution in [-0.2, 0) is 4.74 Å². The Morgan fingerprint density at radius 3 is 3.25 bits per heavy atom. The second-order valence-corrected chi connectivity index (χ2v) is 2.35. The number of carbonyl (C=O) groups excluding carboxylic acids is 1. The number of hydrogen-bond acceptors (Lipinski definition) is 3. The van der Waals surface area contributed by atoms with Gasteiger partial charge in [0.05, 0.1) is 19.4 Å². The first-order valence-electron chi connectivity index (χ1n) is 3.64. The lowest BCUT2D eigenvalue weighted by Gasteiger charge is -2.08. The molecule has 66 valence electrons. The van der Waals surface area contributed by atoms with Gasteiger partial charge in [0, 0.05) is 0 Å². The molecular formula is C7H11N3O2. The molecule has 3 N–H and O–H groups in total. The predicted octanol–water partition coefficient (Wildman–Crippen LogP) is -0.0128. The lowest BCUT2D eigenvalue weighted by atomic mass is 10.2. The summed E-state index contributed by atoms with van der Waals surface area (Å²) in [7, 11) is 0. The van der Waals surface area contributed by atoms with Gasteiger partial charge >= 0.3 is 6.03 Å². The van der Waals surface area contributed by atoms with E-state index in [4.69, 9.17) is 10.5 Å². The van der Waals surface area contributed by atoms with Gasteiger partial charge in [-0.3, -0.25) is 0 Å². The average molecular weight is 169 g/mol. The van der Waals surface area contributed by atoms with Crippen molar-refractivity contribution in [3.63, 3.8) is 0 Å². The second kappa shape index (κ2) is 4.50. The van der Waals surface area contributed by atoms with Crippen molar-refractivity contribution in [1.82, 2.24) is 5.43 Å². The number of urea groups is 1. The number of hydrazone groups is 1. The molecule has 0 saturated heterocycles. The van der Waals surface area contributed by atoms with Crippen molar-refractivity contribution in [1.29, 1.82) is 0 Å². The lowest BCUT2D eigenvalue weighted by molar-refractivity contribution is 0.154. The summed E-state index contributed by atoms with van der Waals surface area (Å²) in [6.07, 6.45) is 4.43. The highest BCUT2D eigenvalue weighted by Crippen LogP contribution is 2.02. The first kappa shape index (κ1) is 8.73. The summed E-state index contributed by atoms with van der Waals surface area (Å²) in [5.41, 5.74) is 7.85. The van der Waals surface area contributed by atoms with Crippen molar-refractivity contribution >= 4 is 12.2 Å². The van der Waals surface area contributed by atoms with Gasteiger partial charge in [-0.15, -0.1) is 0 Å². The van der Waals surface area contributed by atoms with E-state index in [1.807, 2.05) is 6.08 Å². The molecule has 5 nitrogen and oxygen atoms in total. The maximum absolute atomic E-state index is 10.2. The van der Waals surface area contributed by atoms with Gasteiger partial charge in [-0.25, -0.2) is 10.2 Å². The van der Waals surface area contributed by atoms with E-state index in [2.05, 4.69) is 10.5 Å². The molecule has 12 heavy (non-hydrogen) atoms. The number of nitrogens with one attached hydrogen (secondary N) is 1. The minimum atomic E-state index is -0.663. The molecule has 0 fully saturated rings. The summed E-state index contributed by atoms with van der Waals surface area (Å²) in [6.45, 7) is 1.30. The van der Waals surface area contributed by atoms with Gasteiger partial charge in [-0.1, -0.05) is 6.08 Å². The van der Waals surface area contributed by atoms with E-state index >= 15 is 0 Å². The molecule has 1 rings (SSSR count). The molecule has 0 aromatic rings. The third kappa shape index (κ3) is 3.16. The molecule has 2 amide bonds. The maximum Gasteiger partial charge on any atom is 0.332 e. The predicted molar refractivity (Wildman–Crippen MR) is 44.7 cm³/mol. The number of rotatable bonds is 2. The van der Waals surface area contributed by atoms with E-state index in [1.54, 1.807) is 0 Å². The summed E-state index contributed by atoms with van der Waals surface area (Å²) in [5, 5.41) is 3.60. The fourth-order valence-corrected chi connectivity index (χ4v) is 0.845. The standard InChI is InChI=1S/C7H11N3O2/c8-7(11)10-9-4-6-2-1-3-12-5-6/h2,4H,1,3,5H2,(H3,8,10,11)/b9-4+. The molecule has 5 heteroatoms. The maximum atomic E-state index is 10.2. The number of nitrogens with two attached hydrogens (primary N) is 1. The van der Waals surface area contributed by atoms with E-state index in [1.165, 1.54) is 6.21 Å². The van der Waals surface area contributed by atoms with Crippen LogP contribution in [0.3, 0.4) is 0 Å².